The number of rotatable bonds is 5. The summed E-state index contributed by atoms with van der Waals surface area (Å²) in [7, 11) is 0. The molecule has 0 amide bonds. The van der Waals surface area contributed by atoms with Crippen LogP contribution in [0, 0.1) is 0 Å². The first-order chi connectivity index (χ1) is 15.7. The molecule has 5 rings (SSSR count). The van der Waals surface area contributed by atoms with Crippen LogP contribution in [0.4, 0.5) is 0 Å². The summed E-state index contributed by atoms with van der Waals surface area (Å²) in [4.78, 5) is 34.0. The second kappa shape index (κ2) is 8.82. The van der Waals surface area contributed by atoms with Crippen molar-refractivity contribution in [2.24, 2.45) is 4.99 Å². The predicted molar refractivity (Wildman–Crippen MR) is 130 cm³/mol. The maximum Gasteiger partial charge on any atom is 0.338 e. The monoisotopic (exact) mass is 478 g/mol. The van der Waals surface area contributed by atoms with Crippen molar-refractivity contribution in [2.75, 3.05) is 6.61 Å². The summed E-state index contributed by atoms with van der Waals surface area (Å²) in [5, 5.41) is 3.92. The molecule has 0 unspecified atom stereocenters. The van der Waals surface area contributed by atoms with Crippen LogP contribution in [0.25, 0.3) is 11.8 Å². The lowest BCUT2D eigenvalue weighted by Gasteiger charge is -2.24. The zero-order valence-corrected chi connectivity index (χ0v) is 19.5. The number of fused-ring (bicyclic) bond motifs is 1. The summed E-state index contributed by atoms with van der Waals surface area (Å²) in [6.45, 7) is 2.02. The first-order valence-corrected chi connectivity index (χ1v) is 12.6. The van der Waals surface area contributed by atoms with Crippen molar-refractivity contribution in [1.82, 2.24) is 4.57 Å². The lowest BCUT2D eigenvalue weighted by atomic mass is 9.97. The molecule has 0 fully saturated rings. The molecule has 4 aromatic rings. The molecule has 8 heteroatoms. The van der Waals surface area contributed by atoms with Crippen LogP contribution in [0.2, 0.25) is 0 Å². The van der Waals surface area contributed by atoms with Gasteiger partial charge in [0, 0.05) is 15.3 Å². The predicted octanol–water partition coefficient (Wildman–Crippen LogP) is 4.06. The third-order valence-corrected chi connectivity index (χ3v) is 7.73. The van der Waals surface area contributed by atoms with Gasteiger partial charge in [0.15, 0.2) is 4.80 Å². The molecule has 0 saturated carbocycles. The van der Waals surface area contributed by atoms with Crippen LogP contribution >= 0.6 is 34.0 Å². The highest BCUT2D eigenvalue weighted by Gasteiger charge is 2.35. The van der Waals surface area contributed by atoms with Crippen LogP contribution in [0.3, 0.4) is 0 Å². The van der Waals surface area contributed by atoms with Gasteiger partial charge in [0.2, 0.25) is 0 Å². The molecule has 0 bridgehead atoms. The van der Waals surface area contributed by atoms with Crippen molar-refractivity contribution < 1.29 is 9.53 Å². The van der Waals surface area contributed by atoms with Gasteiger partial charge in [0.05, 0.1) is 22.4 Å². The number of esters is 1. The number of ether oxygens (including phenoxy) is 1. The summed E-state index contributed by atoms with van der Waals surface area (Å²) in [6, 6.07) is 16.8. The van der Waals surface area contributed by atoms with Crippen LogP contribution in [0.5, 0.6) is 0 Å². The van der Waals surface area contributed by atoms with Crippen molar-refractivity contribution in [1.29, 1.82) is 0 Å². The first-order valence-electron chi connectivity index (χ1n) is 10.0. The van der Waals surface area contributed by atoms with Crippen LogP contribution in [0.15, 0.2) is 80.7 Å². The van der Waals surface area contributed by atoms with Crippen LogP contribution in [-0.4, -0.2) is 17.1 Å². The standard InChI is InChI=1S/C24H18N2O3S3/c1-2-29-23(28)19-20(15-8-4-3-5-9-15)25-24-26(21(19)17-11-7-13-31-17)22(27)18(32-24)14-16-10-6-12-30-16/h3-14,21H,2H2,1H3/b18-14-/t21-/m0/s1. The Morgan fingerprint density at radius 3 is 2.56 bits per heavy atom. The van der Waals surface area contributed by atoms with E-state index in [9.17, 15) is 9.59 Å². The van der Waals surface area contributed by atoms with Crippen molar-refractivity contribution in [3.8, 4) is 0 Å². The molecule has 160 valence electrons. The molecule has 0 aliphatic carbocycles. The van der Waals surface area contributed by atoms with E-state index in [1.807, 2.05) is 71.4 Å². The number of benzene rings is 1. The van der Waals surface area contributed by atoms with Gasteiger partial charge in [-0.1, -0.05) is 53.8 Å². The second-order valence-corrected chi connectivity index (χ2v) is 9.93. The van der Waals surface area contributed by atoms with Crippen LogP contribution < -0.4 is 14.9 Å². The van der Waals surface area contributed by atoms with Gasteiger partial charge < -0.3 is 4.74 Å². The van der Waals surface area contributed by atoms with Crippen molar-refractivity contribution in [3.63, 3.8) is 0 Å². The third kappa shape index (κ3) is 3.70. The summed E-state index contributed by atoms with van der Waals surface area (Å²) in [6.07, 6.45) is 1.89. The van der Waals surface area contributed by atoms with Gasteiger partial charge in [0.1, 0.15) is 6.04 Å². The average molecular weight is 479 g/mol. The Hall–Kier alpha value is -3.07. The molecular formula is C24H18N2O3S3. The van der Waals surface area contributed by atoms with E-state index in [0.29, 0.717) is 20.6 Å². The molecule has 0 saturated heterocycles. The summed E-state index contributed by atoms with van der Waals surface area (Å²) in [5.74, 6) is -0.457. The lowest BCUT2D eigenvalue weighted by Crippen LogP contribution is -2.39. The van der Waals surface area contributed by atoms with Crippen molar-refractivity contribution in [2.45, 2.75) is 13.0 Å². The second-order valence-electron chi connectivity index (χ2n) is 6.96. The molecular weight excluding hydrogens is 460 g/mol. The van der Waals surface area contributed by atoms with Gasteiger partial charge in [-0.15, -0.1) is 22.7 Å². The SMILES string of the molecule is CCOC(=O)C1=C(c2ccccc2)N=c2s/c(=C\c3cccs3)c(=O)n2[C@H]1c1cccs1. The maximum absolute atomic E-state index is 13.5. The first kappa shape index (κ1) is 20.8. The largest absolute Gasteiger partial charge is 0.463 e. The summed E-state index contributed by atoms with van der Waals surface area (Å²) in [5.41, 5.74) is 1.59. The molecule has 32 heavy (non-hydrogen) atoms. The highest BCUT2D eigenvalue weighted by Crippen LogP contribution is 2.36. The number of thiazole rings is 1. The molecule has 5 nitrogen and oxygen atoms in total. The quantitative estimate of drug-likeness (QED) is 0.407. The number of carbonyl (C=O) groups is 1. The molecule has 0 radical (unpaired) electrons. The highest BCUT2D eigenvalue weighted by molar-refractivity contribution is 7.11. The van der Waals surface area contributed by atoms with Gasteiger partial charge in [-0.05, 0) is 35.9 Å². The summed E-state index contributed by atoms with van der Waals surface area (Å²) >= 11 is 4.42. The highest BCUT2D eigenvalue weighted by atomic mass is 32.1. The van der Waals surface area contributed by atoms with Crippen LogP contribution in [0.1, 0.15) is 28.3 Å². The Morgan fingerprint density at radius 1 is 1.09 bits per heavy atom. The van der Waals surface area contributed by atoms with Gasteiger partial charge in [-0.25, -0.2) is 9.79 Å². The zero-order valence-electron chi connectivity index (χ0n) is 17.1. The van der Waals surface area contributed by atoms with Crippen LogP contribution in [-0.2, 0) is 9.53 Å². The fourth-order valence-corrected chi connectivity index (χ4v) is 6.21. The zero-order chi connectivity index (χ0) is 22.1. The number of carbonyl (C=O) groups excluding carboxylic acids is 1. The molecule has 1 aromatic carbocycles. The molecule has 4 heterocycles. The van der Waals surface area contributed by atoms with E-state index in [1.165, 1.54) is 22.7 Å². The smallest absolute Gasteiger partial charge is 0.338 e. The Morgan fingerprint density at radius 2 is 1.88 bits per heavy atom. The Balaban J connectivity index is 1.83. The minimum absolute atomic E-state index is 0.158. The Bertz CT molecular complexity index is 1460. The fraction of sp³-hybridized carbons (Fsp3) is 0.125. The van der Waals surface area contributed by atoms with E-state index in [1.54, 1.807) is 22.8 Å². The normalized spacial score (nSPS) is 16.0. The van der Waals surface area contributed by atoms with Crippen molar-refractivity contribution >= 4 is 51.8 Å². The van der Waals surface area contributed by atoms with Gasteiger partial charge in [0.25, 0.3) is 5.56 Å². The maximum atomic E-state index is 13.5. The van der Waals surface area contributed by atoms with E-state index in [4.69, 9.17) is 9.73 Å². The van der Waals surface area contributed by atoms with E-state index in [-0.39, 0.29) is 12.2 Å². The number of nitrogens with zero attached hydrogens (tertiary/aromatic N) is 2. The van der Waals surface area contributed by atoms with E-state index < -0.39 is 12.0 Å². The van der Waals surface area contributed by atoms with Gasteiger partial charge in [-0.3, -0.25) is 9.36 Å². The van der Waals surface area contributed by atoms with E-state index in [0.717, 1.165) is 15.3 Å². The summed E-state index contributed by atoms with van der Waals surface area (Å²) < 4.78 is 7.66. The molecule has 0 N–H and O–H groups in total. The van der Waals surface area contributed by atoms with Gasteiger partial charge >= 0.3 is 5.97 Å². The van der Waals surface area contributed by atoms with Crippen molar-refractivity contribution in [3.05, 3.63) is 106 Å². The molecule has 1 aliphatic rings. The molecule has 1 aliphatic heterocycles. The topological polar surface area (TPSA) is 60.7 Å². The van der Waals surface area contributed by atoms with E-state index >= 15 is 0 Å². The lowest BCUT2D eigenvalue weighted by molar-refractivity contribution is -0.138. The fourth-order valence-electron chi connectivity index (χ4n) is 3.66. The molecule has 0 spiro atoms. The minimum atomic E-state index is -0.592. The number of hydrogen-bond donors (Lipinski definition) is 0. The van der Waals surface area contributed by atoms with Gasteiger partial charge in [-0.2, -0.15) is 0 Å². The average Bonchev–Trinajstić information content (AvgIpc) is 3.57. The molecule has 3 aromatic heterocycles. The molecule has 1 atom stereocenters. The Labute approximate surface area is 195 Å². The number of hydrogen-bond acceptors (Lipinski definition) is 7. The minimum Gasteiger partial charge on any atom is -0.463 e. The van der Waals surface area contributed by atoms with E-state index in [2.05, 4.69) is 0 Å². The third-order valence-electron chi connectivity index (χ3n) is 5.00. The number of aromatic nitrogens is 1. The Kier molecular flexibility index (Phi) is 5.73. The number of thiophene rings is 2.